The average Bonchev–Trinajstić information content (AvgIpc) is 2.74. The van der Waals surface area contributed by atoms with E-state index < -0.39 is 0 Å². The van der Waals surface area contributed by atoms with Gasteiger partial charge in [-0.1, -0.05) is 0 Å². The van der Waals surface area contributed by atoms with Gasteiger partial charge in [-0.3, -0.25) is 9.69 Å². The molecule has 0 bridgehead atoms. The molecule has 4 rings (SSSR count). The van der Waals surface area contributed by atoms with Crippen molar-refractivity contribution in [3.05, 3.63) is 30.2 Å². The van der Waals surface area contributed by atoms with E-state index in [0.29, 0.717) is 12.5 Å². The zero-order valence-corrected chi connectivity index (χ0v) is 16.6. The van der Waals surface area contributed by atoms with Gasteiger partial charge in [0.15, 0.2) is 0 Å². The SMILES string of the molecule is CC(=O)N1CCN(CCOc2ccc3c(C4CCNCC4)ncnc3c2)CC1. The van der Waals surface area contributed by atoms with Gasteiger partial charge in [-0.05, 0) is 38.1 Å². The van der Waals surface area contributed by atoms with E-state index in [1.165, 1.54) is 5.69 Å². The maximum Gasteiger partial charge on any atom is 0.219 e. The van der Waals surface area contributed by atoms with E-state index in [1.807, 2.05) is 17.0 Å². The fourth-order valence-electron chi connectivity index (χ4n) is 4.15. The summed E-state index contributed by atoms with van der Waals surface area (Å²) in [6, 6.07) is 6.16. The van der Waals surface area contributed by atoms with Crippen molar-refractivity contribution in [3.8, 4) is 5.75 Å². The molecule has 2 aliphatic rings. The normalized spacial score (nSPS) is 19.1. The molecular formula is C21H29N5O2. The summed E-state index contributed by atoms with van der Waals surface area (Å²) in [4.78, 5) is 24.7. The van der Waals surface area contributed by atoms with Crippen molar-refractivity contribution < 1.29 is 9.53 Å². The Morgan fingerprint density at radius 1 is 1.18 bits per heavy atom. The van der Waals surface area contributed by atoms with Crippen LogP contribution in [0.1, 0.15) is 31.4 Å². The second-order valence-electron chi connectivity index (χ2n) is 7.66. The van der Waals surface area contributed by atoms with Crippen LogP contribution < -0.4 is 10.1 Å². The van der Waals surface area contributed by atoms with E-state index >= 15 is 0 Å². The zero-order chi connectivity index (χ0) is 19.3. The Morgan fingerprint density at radius 2 is 1.96 bits per heavy atom. The number of rotatable bonds is 5. The van der Waals surface area contributed by atoms with Crippen LogP contribution in [-0.2, 0) is 4.79 Å². The number of piperidine rings is 1. The maximum atomic E-state index is 11.4. The molecule has 0 spiro atoms. The Morgan fingerprint density at radius 3 is 2.71 bits per heavy atom. The lowest BCUT2D eigenvalue weighted by molar-refractivity contribution is -0.130. The van der Waals surface area contributed by atoms with E-state index in [1.54, 1.807) is 13.3 Å². The van der Waals surface area contributed by atoms with E-state index in [4.69, 9.17) is 4.74 Å². The molecular weight excluding hydrogens is 354 g/mol. The predicted octanol–water partition coefficient (Wildman–Crippen LogP) is 1.64. The van der Waals surface area contributed by atoms with Crippen molar-refractivity contribution in [2.45, 2.75) is 25.7 Å². The molecule has 150 valence electrons. The summed E-state index contributed by atoms with van der Waals surface area (Å²) in [6.07, 6.45) is 3.93. The lowest BCUT2D eigenvalue weighted by atomic mass is 9.92. The number of hydrogen-bond donors (Lipinski definition) is 1. The monoisotopic (exact) mass is 383 g/mol. The predicted molar refractivity (Wildman–Crippen MR) is 109 cm³/mol. The minimum Gasteiger partial charge on any atom is -0.492 e. The molecule has 0 unspecified atom stereocenters. The smallest absolute Gasteiger partial charge is 0.219 e. The Balaban J connectivity index is 1.34. The van der Waals surface area contributed by atoms with Gasteiger partial charge in [0.25, 0.3) is 0 Å². The van der Waals surface area contributed by atoms with Crippen LogP contribution >= 0.6 is 0 Å². The van der Waals surface area contributed by atoms with Crippen molar-refractivity contribution in [3.63, 3.8) is 0 Å². The summed E-state index contributed by atoms with van der Waals surface area (Å²) in [5.74, 6) is 1.52. The fraction of sp³-hybridized carbons (Fsp3) is 0.571. The molecule has 1 amide bonds. The Bertz CT molecular complexity index is 814. The molecule has 2 aromatic rings. The van der Waals surface area contributed by atoms with Gasteiger partial charge in [-0.25, -0.2) is 9.97 Å². The van der Waals surface area contributed by atoms with Gasteiger partial charge in [0.05, 0.1) is 11.2 Å². The Kier molecular flexibility index (Phi) is 6.02. The van der Waals surface area contributed by atoms with Crippen molar-refractivity contribution in [1.82, 2.24) is 25.1 Å². The molecule has 3 heterocycles. The van der Waals surface area contributed by atoms with Gasteiger partial charge in [0.1, 0.15) is 18.7 Å². The molecule has 1 N–H and O–H groups in total. The number of aromatic nitrogens is 2. The van der Waals surface area contributed by atoms with E-state index in [-0.39, 0.29) is 5.91 Å². The van der Waals surface area contributed by atoms with Crippen molar-refractivity contribution in [1.29, 1.82) is 0 Å². The molecule has 0 radical (unpaired) electrons. The molecule has 7 nitrogen and oxygen atoms in total. The maximum absolute atomic E-state index is 11.4. The Labute approximate surface area is 166 Å². The van der Waals surface area contributed by atoms with Crippen LogP contribution in [0.15, 0.2) is 24.5 Å². The highest BCUT2D eigenvalue weighted by Gasteiger charge is 2.20. The summed E-state index contributed by atoms with van der Waals surface area (Å²) in [5, 5.41) is 4.55. The van der Waals surface area contributed by atoms with E-state index in [2.05, 4.69) is 26.3 Å². The molecule has 0 atom stereocenters. The number of carbonyl (C=O) groups is 1. The summed E-state index contributed by atoms with van der Waals surface area (Å²) in [7, 11) is 0. The number of amides is 1. The zero-order valence-electron chi connectivity index (χ0n) is 16.6. The van der Waals surface area contributed by atoms with Gasteiger partial charge < -0.3 is 15.0 Å². The molecule has 1 aromatic heterocycles. The van der Waals surface area contributed by atoms with Gasteiger partial charge in [0, 0.05) is 57.0 Å². The van der Waals surface area contributed by atoms with Crippen LogP contribution in [0.4, 0.5) is 0 Å². The van der Waals surface area contributed by atoms with Crippen molar-refractivity contribution in [2.75, 3.05) is 52.4 Å². The van der Waals surface area contributed by atoms with Crippen LogP contribution in [0.2, 0.25) is 0 Å². The number of hydrogen-bond acceptors (Lipinski definition) is 6. The summed E-state index contributed by atoms with van der Waals surface area (Å²) >= 11 is 0. The number of benzene rings is 1. The van der Waals surface area contributed by atoms with Crippen LogP contribution in [0, 0.1) is 0 Å². The second kappa shape index (κ2) is 8.84. The molecule has 0 saturated carbocycles. The van der Waals surface area contributed by atoms with E-state index in [0.717, 1.165) is 75.3 Å². The van der Waals surface area contributed by atoms with Crippen LogP contribution in [-0.4, -0.2) is 78.1 Å². The lowest BCUT2D eigenvalue weighted by Gasteiger charge is -2.34. The summed E-state index contributed by atoms with van der Waals surface area (Å²) < 4.78 is 5.98. The molecule has 2 fully saturated rings. The number of fused-ring (bicyclic) bond motifs is 1. The second-order valence-corrected chi connectivity index (χ2v) is 7.66. The van der Waals surface area contributed by atoms with E-state index in [9.17, 15) is 4.79 Å². The van der Waals surface area contributed by atoms with Crippen molar-refractivity contribution in [2.24, 2.45) is 0 Å². The first-order chi connectivity index (χ1) is 13.7. The van der Waals surface area contributed by atoms with Crippen molar-refractivity contribution >= 4 is 16.8 Å². The largest absolute Gasteiger partial charge is 0.492 e. The topological polar surface area (TPSA) is 70.6 Å². The molecule has 2 saturated heterocycles. The number of ether oxygens (including phenoxy) is 1. The standard InChI is InChI=1S/C21H29N5O2/c1-16(27)26-10-8-25(9-11-26)12-13-28-18-2-3-19-20(14-18)23-15-24-21(19)17-4-6-22-7-5-17/h2-3,14-15,17,22H,4-13H2,1H3. The fourth-order valence-corrected chi connectivity index (χ4v) is 4.15. The van der Waals surface area contributed by atoms with Gasteiger partial charge in [0.2, 0.25) is 5.91 Å². The first-order valence-electron chi connectivity index (χ1n) is 10.3. The third-order valence-electron chi connectivity index (χ3n) is 5.86. The molecule has 7 heteroatoms. The van der Waals surface area contributed by atoms with Crippen LogP contribution in [0.3, 0.4) is 0 Å². The van der Waals surface area contributed by atoms with Gasteiger partial charge in [-0.15, -0.1) is 0 Å². The first-order valence-corrected chi connectivity index (χ1v) is 10.3. The minimum absolute atomic E-state index is 0.165. The molecule has 1 aromatic carbocycles. The highest BCUT2D eigenvalue weighted by Crippen LogP contribution is 2.30. The highest BCUT2D eigenvalue weighted by molar-refractivity contribution is 5.82. The summed E-state index contributed by atoms with van der Waals surface area (Å²) in [5.41, 5.74) is 2.12. The Hall–Kier alpha value is -2.25. The number of nitrogens with zero attached hydrogens (tertiary/aromatic N) is 4. The molecule has 2 aliphatic heterocycles. The third-order valence-corrected chi connectivity index (χ3v) is 5.86. The highest BCUT2D eigenvalue weighted by atomic mass is 16.5. The first kappa shape index (κ1) is 19.1. The lowest BCUT2D eigenvalue weighted by Crippen LogP contribution is -2.48. The van der Waals surface area contributed by atoms with Crippen LogP contribution in [0.25, 0.3) is 10.9 Å². The number of piperazine rings is 1. The quantitative estimate of drug-likeness (QED) is 0.846. The van der Waals surface area contributed by atoms with Gasteiger partial charge >= 0.3 is 0 Å². The van der Waals surface area contributed by atoms with Crippen LogP contribution in [0.5, 0.6) is 5.75 Å². The van der Waals surface area contributed by atoms with Gasteiger partial charge in [-0.2, -0.15) is 0 Å². The third kappa shape index (κ3) is 4.42. The molecule has 0 aliphatic carbocycles. The minimum atomic E-state index is 0.165. The molecule has 28 heavy (non-hydrogen) atoms. The average molecular weight is 383 g/mol. The summed E-state index contributed by atoms with van der Waals surface area (Å²) in [6.45, 7) is 8.69. The number of nitrogens with one attached hydrogen (secondary N) is 1. The number of carbonyl (C=O) groups excluding carboxylic acids is 1.